The lowest BCUT2D eigenvalue weighted by molar-refractivity contribution is 0.0957. The lowest BCUT2D eigenvalue weighted by atomic mass is 10.3. The molecular weight excluding hydrogens is 262 g/mol. The number of nitrogens with one attached hydrogen (secondary N) is 1. The van der Waals surface area contributed by atoms with Gasteiger partial charge in [-0.2, -0.15) is 0 Å². The van der Waals surface area contributed by atoms with Gasteiger partial charge in [0.2, 0.25) is 0 Å². The summed E-state index contributed by atoms with van der Waals surface area (Å²) >= 11 is 1.29. The van der Waals surface area contributed by atoms with E-state index in [4.69, 9.17) is 5.73 Å². The van der Waals surface area contributed by atoms with Crippen molar-refractivity contribution in [3.8, 4) is 10.8 Å². The number of nitrogens with two attached hydrogens (primary N) is 1. The van der Waals surface area contributed by atoms with Gasteiger partial charge >= 0.3 is 0 Å². The summed E-state index contributed by atoms with van der Waals surface area (Å²) in [7, 11) is 0. The smallest absolute Gasteiger partial charge is 0.263 e. The second kappa shape index (κ2) is 6.91. The Balaban J connectivity index is 1.95. The normalized spacial score (nSPS) is 10.4. The van der Waals surface area contributed by atoms with Gasteiger partial charge in [0.25, 0.3) is 5.91 Å². The van der Waals surface area contributed by atoms with Gasteiger partial charge in [-0.1, -0.05) is 0 Å². The van der Waals surface area contributed by atoms with Crippen LogP contribution in [0.2, 0.25) is 0 Å². The minimum absolute atomic E-state index is 0.114. The predicted octanol–water partition coefficient (Wildman–Crippen LogP) is 1.07. The van der Waals surface area contributed by atoms with E-state index in [0.29, 0.717) is 28.8 Å². The summed E-state index contributed by atoms with van der Waals surface area (Å²) in [5.41, 5.74) is 5.39. The Morgan fingerprint density at radius 1 is 1.26 bits per heavy atom. The third-order valence-corrected chi connectivity index (χ3v) is 3.40. The molecule has 6 nitrogen and oxygen atoms in total. The zero-order chi connectivity index (χ0) is 13.5. The molecule has 0 aliphatic heterocycles. The van der Waals surface area contributed by atoms with E-state index < -0.39 is 0 Å². The molecule has 0 aromatic carbocycles. The first-order chi connectivity index (χ1) is 9.31. The van der Waals surface area contributed by atoms with Gasteiger partial charge in [-0.05, 0) is 25.5 Å². The zero-order valence-electron chi connectivity index (χ0n) is 10.4. The summed E-state index contributed by atoms with van der Waals surface area (Å²) < 4.78 is 0. The maximum atomic E-state index is 11.8. The molecule has 3 N–H and O–H groups in total. The third-order valence-electron chi connectivity index (χ3n) is 2.40. The van der Waals surface area contributed by atoms with Crippen molar-refractivity contribution in [3.05, 3.63) is 29.5 Å². The van der Waals surface area contributed by atoms with E-state index in [1.54, 1.807) is 24.7 Å². The fourth-order valence-corrected chi connectivity index (χ4v) is 2.23. The summed E-state index contributed by atoms with van der Waals surface area (Å²) in [5.74, 6) is 0.423. The van der Waals surface area contributed by atoms with Crippen molar-refractivity contribution in [2.24, 2.45) is 5.73 Å². The fourth-order valence-electron chi connectivity index (χ4n) is 1.45. The van der Waals surface area contributed by atoms with Crippen molar-refractivity contribution in [3.63, 3.8) is 0 Å². The van der Waals surface area contributed by atoms with E-state index in [-0.39, 0.29) is 5.91 Å². The van der Waals surface area contributed by atoms with Crippen LogP contribution in [0.15, 0.2) is 24.7 Å². The van der Waals surface area contributed by atoms with Crippen LogP contribution < -0.4 is 11.1 Å². The van der Waals surface area contributed by atoms with Crippen LogP contribution in [0, 0.1) is 0 Å². The molecule has 0 unspecified atom stereocenters. The molecule has 0 spiro atoms. The van der Waals surface area contributed by atoms with Gasteiger partial charge in [0.15, 0.2) is 10.8 Å². The molecular formula is C12H15N5OS. The highest BCUT2D eigenvalue weighted by atomic mass is 32.1. The second-order valence-corrected chi connectivity index (χ2v) is 4.88. The number of hydrogen-bond donors (Lipinski definition) is 2. The molecule has 0 aliphatic rings. The predicted molar refractivity (Wildman–Crippen MR) is 73.8 cm³/mol. The number of amides is 1. The number of hydrogen-bond acceptors (Lipinski definition) is 6. The van der Waals surface area contributed by atoms with Crippen molar-refractivity contribution in [2.45, 2.75) is 12.8 Å². The highest BCUT2D eigenvalue weighted by Gasteiger charge is 2.12. The average molecular weight is 277 g/mol. The van der Waals surface area contributed by atoms with Crippen LogP contribution in [0.3, 0.4) is 0 Å². The van der Waals surface area contributed by atoms with Crippen LogP contribution in [0.25, 0.3) is 10.8 Å². The van der Waals surface area contributed by atoms with Crippen molar-refractivity contribution in [2.75, 3.05) is 13.1 Å². The average Bonchev–Trinajstić information content (AvgIpc) is 2.94. The Bertz CT molecular complexity index is 528. The Hall–Kier alpha value is -1.86. The Kier molecular flexibility index (Phi) is 4.93. The zero-order valence-corrected chi connectivity index (χ0v) is 11.2. The maximum absolute atomic E-state index is 11.8. The molecule has 7 heteroatoms. The summed E-state index contributed by atoms with van der Waals surface area (Å²) in [6.45, 7) is 1.27. The van der Waals surface area contributed by atoms with Gasteiger partial charge in [-0.3, -0.25) is 4.79 Å². The van der Waals surface area contributed by atoms with Crippen LogP contribution in [0.4, 0.5) is 0 Å². The van der Waals surface area contributed by atoms with E-state index in [2.05, 4.69) is 20.3 Å². The van der Waals surface area contributed by atoms with Crippen LogP contribution in [0.5, 0.6) is 0 Å². The monoisotopic (exact) mass is 277 g/mol. The van der Waals surface area contributed by atoms with Gasteiger partial charge in [-0.15, -0.1) is 11.3 Å². The molecule has 2 aromatic heterocycles. The molecule has 0 fully saturated rings. The lowest BCUT2D eigenvalue weighted by Crippen LogP contribution is -2.23. The molecule has 0 radical (unpaired) electrons. The number of carbonyl (C=O) groups excluding carboxylic acids is 1. The third kappa shape index (κ3) is 3.80. The van der Waals surface area contributed by atoms with Gasteiger partial charge in [0.05, 0.1) is 6.20 Å². The van der Waals surface area contributed by atoms with E-state index in [1.807, 2.05) is 0 Å². The van der Waals surface area contributed by atoms with E-state index in [1.165, 1.54) is 11.3 Å². The molecule has 0 saturated carbocycles. The summed E-state index contributed by atoms with van der Waals surface area (Å²) in [6.07, 6.45) is 6.64. The molecule has 0 aliphatic carbocycles. The van der Waals surface area contributed by atoms with Crippen molar-refractivity contribution in [1.29, 1.82) is 0 Å². The van der Waals surface area contributed by atoms with Gasteiger partial charge in [-0.25, -0.2) is 15.0 Å². The molecule has 2 heterocycles. The number of thiazole rings is 1. The Morgan fingerprint density at radius 2 is 2.05 bits per heavy atom. The topological polar surface area (TPSA) is 93.8 Å². The number of unbranched alkanes of at least 4 members (excludes halogenated alkanes) is 1. The minimum Gasteiger partial charge on any atom is -0.351 e. The largest absolute Gasteiger partial charge is 0.351 e. The molecule has 2 rings (SSSR count). The fraction of sp³-hybridized carbons (Fsp3) is 0.333. The number of aromatic nitrogens is 3. The first kappa shape index (κ1) is 13.6. The summed E-state index contributed by atoms with van der Waals surface area (Å²) in [5, 5.41) is 3.48. The van der Waals surface area contributed by atoms with Crippen LogP contribution in [-0.4, -0.2) is 33.9 Å². The molecule has 100 valence electrons. The van der Waals surface area contributed by atoms with E-state index in [9.17, 15) is 4.79 Å². The Labute approximate surface area is 115 Å². The van der Waals surface area contributed by atoms with Crippen molar-refractivity contribution < 1.29 is 4.79 Å². The SMILES string of the molecule is NCCCCNC(=O)c1cnc(-c2ncccn2)s1. The first-order valence-corrected chi connectivity index (χ1v) is 6.84. The first-order valence-electron chi connectivity index (χ1n) is 6.02. The molecule has 0 bridgehead atoms. The highest BCUT2D eigenvalue weighted by Crippen LogP contribution is 2.21. The van der Waals surface area contributed by atoms with Gasteiger partial charge < -0.3 is 11.1 Å². The molecule has 1 amide bonds. The van der Waals surface area contributed by atoms with Crippen LogP contribution in [-0.2, 0) is 0 Å². The highest BCUT2D eigenvalue weighted by molar-refractivity contribution is 7.16. The molecule has 19 heavy (non-hydrogen) atoms. The number of rotatable bonds is 6. The van der Waals surface area contributed by atoms with Crippen molar-refractivity contribution in [1.82, 2.24) is 20.3 Å². The van der Waals surface area contributed by atoms with Crippen LogP contribution >= 0.6 is 11.3 Å². The quantitative estimate of drug-likeness (QED) is 0.770. The maximum Gasteiger partial charge on any atom is 0.263 e. The molecule has 0 saturated heterocycles. The van der Waals surface area contributed by atoms with Crippen LogP contribution in [0.1, 0.15) is 22.5 Å². The standard InChI is InChI=1S/C12H15N5OS/c13-4-1-2-5-16-11(18)9-8-17-12(19-9)10-14-6-3-7-15-10/h3,6-8H,1-2,4-5,13H2,(H,16,18). The van der Waals surface area contributed by atoms with Crippen molar-refractivity contribution >= 4 is 17.2 Å². The number of carbonyl (C=O) groups is 1. The number of nitrogens with zero attached hydrogens (tertiary/aromatic N) is 3. The summed E-state index contributed by atoms with van der Waals surface area (Å²) in [6, 6.07) is 1.74. The van der Waals surface area contributed by atoms with E-state index >= 15 is 0 Å². The van der Waals surface area contributed by atoms with Gasteiger partial charge in [0.1, 0.15) is 4.88 Å². The van der Waals surface area contributed by atoms with E-state index in [0.717, 1.165) is 12.8 Å². The molecule has 0 atom stereocenters. The lowest BCUT2D eigenvalue weighted by Gasteiger charge is -2.01. The van der Waals surface area contributed by atoms with Gasteiger partial charge in [0, 0.05) is 18.9 Å². The summed E-state index contributed by atoms with van der Waals surface area (Å²) in [4.78, 5) is 24.8. The Morgan fingerprint density at radius 3 is 2.79 bits per heavy atom. The minimum atomic E-state index is -0.114. The second-order valence-electron chi connectivity index (χ2n) is 3.85. The molecule has 2 aromatic rings.